The Morgan fingerprint density at radius 3 is 2.50 bits per heavy atom. The van der Waals surface area contributed by atoms with Gasteiger partial charge in [0.15, 0.2) is 0 Å². The molecule has 4 nitrogen and oxygen atoms in total. The Hall–Kier alpha value is -1.36. The maximum Gasteiger partial charge on any atom is 0.0646 e. The van der Waals surface area contributed by atoms with Gasteiger partial charge in [0.1, 0.15) is 0 Å². The van der Waals surface area contributed by atoms with Gasteiger partial charge in [0.05, 0.1) is 18.0 Å². The summed E-state index contributed by atoms with van der Waals surface area (Å²) >= 11 is 5.94. The highest BCUT2D eigenvalue weighted by atomic mass is 35.5. The van der Waals surface area contributed by atoms with Crippen LogP contribution in [0, 0.1) is 11.8 Å². The number of aliphatic hydroxyl groups is 1. The molecular weight excluding hydrogens is 322 g/mol. The van der Waals surface area contributed by atoms with Gasteiger partial charge in [0.2, 0.25) is 0 Å². The van der Waals surface area contributed by atoms with Crippen molar-refractivity contribution < 1.29 is 5.11 Å². The SMILES string of the molecule is CN(Cc1cnn(-c2ccc(Cl)cc2)c1)C1C[C@H]2CC(O)C[C@H]2C1. The van der Waals surface area contributed by atoms with Crippen LogP contribution in [0.4, 0.5) is 0 Å². The first-order valence-corrected chi connectivity index (χ1v) is 9.14. The molecule has 128 valence electrons. The molecule has 5 heteroatoms. The molecule has 1 heterocycles. The van der Waals surface area contributed by atoms with Crippen LogP contribution in [0.25, 0.3) is 5.69 Å². The molecule has 2 aliphatic carbocycles. The second-order valence-corrected chi connectivity index (χ2v) is 7.89. The van der Waals surface area contributed by atoms with E-state index in [1.54, 1.807) is 0 Å². The maximum atomic E-state index is 9.79. The fourth-order valence-electron chi connectivity index (χ4n) is 4.51. The minimum absolute atomic E-state index is 0.0520. The van der Waals surface area contributed by atoms with Gasteiger partial charge >= 0.3 is 0 Å². The first-order chi connectivity index (χ1) is 11.6. The third-order valence-electron chi connectivity index (χ3n) is 5.75. The van der Waals surface area contributed by atoms with Gasteiger partial charge in [-0.05, 0) is 68.8 Å². The van der Waals surface area contributed by atoms with E-state index in [-0.39, 0.29) is 6.10 Å². The van der Waals surface area contributed by atoms with Crippen LogP contribution >= 0.6 is 11.6 Å². The van der Waals surface area contributed by atoms with E-state index >= 15 is 0 Å². The summed E-state index contributed by atoms with van der Waals surface area (Å²) in [5.74, 6) is 1.45. The van der Waals surface area contributed by atoms with Crippen molar-refractivity contribution in [3.05, 3.63) is 47.2 Å². The Balaban J connectivity index is 1.38. The predicted molar refractivity (Wildman–Crippen MR) is 95.3 cm³/mol. The van der Waals surface area contributed by atoms with Crippen molar-refractivity contribution in [2.75, 3.05) is 7.05 Å². The summed E-state index contributed by atoms with van der Waals surface area (Å²) in [5, 5.41) is 15.0. The number of fused-ring (bicyclic) bond motifs is 1. The first kappa shape index (κ1) is 16.1. The van der Waals surface area contributed by atoms with E-state index in [1.807, 2.05) is 35.1 Å². The molecule has 1 aromatic heterocycles. The molecule has 1 aromatic carbocycles. The molecule has 2 unspecified atom stereocenters. The van der Waals surface area contributed by atoms with E-state index in [4.69, 9.17) is 11.6 Å². The number of hydrogen-bond donors (Lipinski definition) is 1. The second-order valence-electron chi connectivity index (χ2n) is 7.46. The van der Waals surface area contributed by atoms with E-state index < -0.39 is 0 Å². The molecule has 0 bridgehead atoms. The van der Waals surface area contributed by atoms with E-state index in [1.165, 1.54) is 18.4 Å². The predicted octanol–water partition coefficient (Wildman–Crippen LogP) is 3.51. The van der Waals surface area contributed by atoms with E-state index in [0.717, 1.165) is 41.9 Å². The van der Waals surface area contributed by atoms with Gasteiger partial charge in [-0.15, -0.1) is 0 Å². The molecule has 2 aliphatic rings. The van der Waals surface area contributed by atoms with Crippen molar-refractivity contribution in [2.45, 2.75) is 44.4 Å². The van der Waals surface area contributed by atoms with Crippen LogP contribution in [0.2, 0.25) is 5.02 Å². The number of nitrogens with zero attached hydrogens (tertiary/aromatic N) is 3. The monoisotopic (exact) mass is 345 g/mol. The number of halogens is 1. The Morgan fingerprint density at radius 1 is 1.17 bits per heavy atom. The van der Waals surface area contributed by atoms with Crippen LogP contribution in [0.5, 0.6) is 0 Å². The van der Waals surface area contributed by atoms with Gasteiger partial charge in [-0.1, -0.05) is 11.6 Å². The van der Waals surface area contributed by atoms with Crippen LogP contribution in [0.1, 0.15) is 31.2 Å². The van der Waals surface area contributed by atoms with Crippen LogP contribution in [-0.4, -0.2) is 39.0 Å². The van der Waals surface area contributed by atoms with Crippen LogP contribution in [0.3, 0.4) is 0 Å². The lowest BCUT2D eigenvalue weighted by Crippen LogP contribution is -2.29. The number of rotatable bonds is 4. The van der Waals surface area contributed by atoms with Crippen LogP contribution in [0.15, 0.2) is 36.7 Å². The Labute approximate surface area is 148 Å². The minimum Gasteiger partial charge on any atom is -0.393 e. The molecule has 2 saturated carbocycles. The molecule has 0 radical (unpaired) electrons. The summed E-state index contributed by atoms with van der Waals surface area (Å²) in [6, 6.07) is 8.36. The molecule has 2 aromatic rings. The average molecular weight is 346 g/mol. The highest BCUT2D eigenvalue weighted by Gasteiger charge is 2.42. The molecule has 24 heavy (non-hydrogen) atoms. The fraction of sp³-hybridized carbons (Fsp3) is 0.526. The second kappa shape index (κ2) is 6.51. The van der Waals surface area contributed by atoms with E-state index in [0.29, 0.717) is 6.04 Å². The molecular formula is C19H24ClN3O. The van der Waals surface area contributed by atoms with Gasteiger partial charge in [-0.3, -0.25) is 4.90 Å². The first-order valence-electron chi connectivity index (χ1n) is 8.76. The number of aromatic nitrogens is 2. The normalized spacial score (nSPS) is 29.3. The standard InChI is InChI=1S/C19H24ClN3O/c1-22(18-6-14-8-19(24)9-15(14)7-18)11-13-10-21-23(12-13)17-4-2-16(20)3-5-17/h2-5,10,12,14-15,18-19,24H,6-9,11H2,1H3/t14-,15+,18?,19?. The molecule has 0 amide bonds. The van der Waals surface area contributed by atoms with Gasteiger partial charge in [-0.25, -0.2) is 4.68 Å². The molecule has 2 fully saturated rings. The zero-order valence-electron chi connectivity index (χ0n) is 14.0. The van der Waals surface area contributed by atoms with Crippen LogP contribution < -0.4 is 0 Å². The summed E-state index contributed by atoms with van der Waals surface area (Å²) in [7, 11) is 2.21. The highest BCUT2D eigenvalue weighted by Crippen LogP contribution is 2.45. The van der Waals surface area contributed by atoms with Gasteiger partial charge in [-0.2, -0.15) is 5.10 Å². The Kier molecular flexibility index (Phi) is 4.37. The maximum absolute atomic E-state index is 9.79. The molecule has 4 rings (SSSR count). The van der Waals surface area contributed by atoms with Crippen molar-refractivity contribution in [3.8, 4) is 5.69 Å². The zero-order valence-corrected chi connectivity index (χ0v) is 14.7. The van der Waals surface area contributed by atoms with E-state index in [2.05, 4.69) is 23.2 Å². The van der Waals surface area contributed by atoms with Crippen molar-refractivity contribution in [1.29, 1.82) is 0 Å². The lowest BCUT2D eigenvalue weighted by Gasteiger charge is -2.24. The van der Waals surface area contributed by atoms with Crippen molar-refractivity contribution >= 4 is 11.6 Å². The van der Waals surface area contributed by atoms with Crippen LogP contribution in [-0.2, 0) is 6.54 Å². The van der Waals surface area contributed by atoms with Crippen molar-refractivity contribution in [3.63, 3.8) is 0 Å². The average Bonchev–Trinajstić information content (AvgIpc) is 3.22. The summed E-state index contributed by atoms with van der Waals surface area (Å²) in [6.45, 7) is 0.917. The van der Waals surface area contributed by atoms with Gasteiger partial charge in [0, 0.05) is 29.4 Å². The minimum atomic E-state index is -0.0520. The number of hydrogen-bond acceptors (Lipinski definition) is 3. The Morgan fingerprint density at radius 2 is 1.83 bits per heavy atom. The third kappa shape index (κ3) is 3.23. The number of aliphatic hydroxyl groups excluding tert-OH is 1. The Bertz CT molecular complexity index is 685. The smallest absolute Gasteiger partial charge is 0.0646 e. The van der Waals surface area contributed by atoms with Crippen molar-refractivity contribution in [1.82, 2.24) is 14.7 Å². The van der Waals surface area contributed by atoms with Gasteiger partial charge in [0.25, 0.3) is 0 Å². The van der Waals surface area contributed by atoms with Crippen molar-refractivity contribution in [2.24, 2.45) is 11.8 Å². The van der Waals surface area contributed by atoms with E-state index in [9.17, 15) is 5.11 Å². The lowest BCUT2D eigenvalue weighted by molar-refractivity contribution is 0.158. The molecule has 0 aliphatic heterocycles. The third-order valence-corrected chi connectivity index (χ3v) is 6.00. The quantitative estimate of drug-likeness (QED) is 0.922. The van der Waals surface area contributed by atoms with Gasteiger partial charge < -0.3 is 5.11 Å². The zero-order chi connectivity index (χ0) is 16.7. The summed E-state index contributed by atoms with van der Waals surface area (Å²) in [6.07, 6.45) is 8.45. The molecule has 4 atom stereocenters. The highest BCUT2D eigenvalue weighted by molar-refractivity contribution is 6.30. The largest absolute Gasteiger partial charge is 0.393 e. The molecule has 0 spiro atoms. The fourth-order valence-corrected chi connectivity index (χ4v) is 4.63. The summed E-state index contributed by atoms with van der Waals surface area (Å²) < 4.78 is 1.90. The molecule has 0 saturated heterocycles. The lowest BCUT2D eigenvalue weighted by atomic mass is 10.0. The number of benzene rings is 1. The summed E-state index contributed by atoms with van der Waals surface area (Å²) in [5.41, 5.74) is 2.25. The summed E-state index contributed by atoms with van der Waals surface area (Å²) in [4.78, 5) is 2.45. The topological polar surface area (TPSA) is 41.3 Å². The molecule has 1 N–H and O–H groups in total.